The van der Waals surface area contributed by atoms with E-state index in [9.17, 15) is 31.1 Å². The lowest BCUT2D eigenvalue weighted by atomic mass is 9.95. The van der Waals surface area contributed by atoms with Gasteiger partial charge in [0, 0.05) is 42.9 Å². The van der Waals surface area contributed by atoms with Crippen LogP contribution in [-0.4, -0.2) is 84.4 Å². The van der Waals surface area contributed by atoms with E-state index >= 15 is 0 Å². The molecule has 4 aromatic rings. The van der Waals surface area contributed by atoms with Crippen LogP contribution in [-0.2, 0) is 17.5 Å². The van der Waals surface area contributed by atoms with Gasteiger partial charge in [0.25, 0.3) is 5.91 Å². The highest BCUT2D eigenvalue weighted by molar-refractivity contribution is 6.08. The van der Waals surface area contributed by atoms with Gasteiger partial charge in [0.15, 0.2) is 6.04 Å². The van der Waals surface area contributed by atoms with E-state index in [2.05, 4.69) is 15.2 Å². The second-order valence-electron chi connectivity index (χ2n) is 12.1. The number of halogens is 6. The van der Waals surface area contributed by atoms with Crippen molar-refractivity contribution in [3.8, 4) is 17.1 Å². The molecule has 6 rings (SSSR count). The van der Waals surface area contributed by atoms with Crippen LogP contribution in [0.25, 0.3) is 22.3 Å². The lowest BCUT2D eigenvalue weighted by Crippen LogP contribution is -2.48. The van der Waals surface area contributed by atoms with E-state index < -0.39 is 29.9 Å². The summed E-state index contributed by atoms with van der Waals surface area (Å²) in [6, 6.07) is 12.4. The number of aromatic nitrogens is 2. The SMILES string of the molecule is COc1ccc2nc(-c3cccc(C(F)(F)F)c3)c(CN3CCC(N4CCOCC4)CC3)c(C(=O)N[C@H](c3ccccc3)C(F)(F)F)c2n1. The molecule has 2 aliphatic heterocycles. The topological polar surface area (TPSA) is 79.8 Å². The maximum atomic E-state index is 14.5. The molecule has 2 aromatic heterocycles. The van der Waals surface area contributed by atoms with Crippen LogP contribution in [0.3, 0.4) is 0 Å². The van der Waals surface area contributed by atoms with Gasteiger partial charge in [0.05, 0.1) is 42.7 Å². The molecule has 0 saturated carbocycles. The quantitative estimate of drug-likeness (QED) is 0.208. The third kappa shape index (κ3) is 7.81. The predicted octanol–water partition coefficient (Wildman–Crippen LogP) is 6.65. The Morgan fingerprint density at radius 2 is 1.65 bits per heavy atom. The third-order valence-electron chi connectivity index (χ3n) is 9.04. The number of hydrogen-bond acceptors (Lipinski definition) is 7. The first kappa shape index (κ1) is 34.6. The second-order valence-corrected chi connectivity index (χ2v) is 12.1. The Kier molecular flexibility index (Phi) is 10.1. The molecule has 14 heteroatoms. The number of amides is 1. The van der Waals surface area contributed by atoms with Gasteiger partial charge in [-0.2, -0.15) is 26.3 Å². The molecule has 0 unspecified atom stereocenters. The fourth-order valence-corrected chi connectivity index (χ4v) is 6.56. The van der Waals surface area contributed by atoms with E-state index in [4.69, 9.17) is 14.5 Å². The van der Waals surface area contributed by atoms with Gasteiger partial charge in [-0.1, -0.05) is 42.5 Å². The normalized spacial score (nSPS) is 17.6. The molecule has 2 fully saturated rings. The first-order chi connectivity index (χ1) is 23.4. The number of piperidine rings is 1. The number of likely N-dealkylation sites (tertiary alicyclic amines) is 1. The second kappa shape index (κ2) is 14.3. The molecule has 1 atom stereocenters. The number of nitrogens with zero attached hydrogens (tertiary/aromatic N) is 4. The van der Waals surface area contributed by atoms with Crippen molar-refractivity contribution in [3.63, 3.8) is 0 Å². The summed E-state index contributed by atoms with van der Waals surface area (Å²) in [5, 5.41) is 2.17. The lowest BCUT2D eigenvalue weighted by Gasteiger charge is -2.40. The van der Waals surface area contributed by atoms with Gasteiger partial charge in [-0.15, -0.1) is 0 Å². The summed E-state index contributed by atoms with van der Waals surface area (Å²) in [5.74, 6) is -1.01. The maximum absolute atomic E-state index is 14.5. The number of methoxy groups -OCH3 is 1. The molecule has 0 bridgehead atoms. The number of morpholine rings is 1. The zero-order chi connectivity index (χ0) is 34.8. The van der Waals surface area contributed by atoms with Gasteiger partial charge < -0.3 is 14.8 Å². The summed E-state index contributed by atoms with van der Waals surface area (Å²) in [7, 11) is 1.35. The number of nitrogens with one attached hydrogen (secondary N) is 1. The van der Waals surface area contributed by atoms with Crippen LogP contribution in [0.5, 0.6) is 5.88 Å². The van der Waals surface area contributed by atoms with Crippen LogP contribution in [0.1, 0.15) is 45.9 Å². The molecule has 49 heavy (non-hydrogen) atoms. The molecule has 4 heterocycles. The zero-order valence-electron chi connectivity index (χ0n) is 26.7. The van der Waals surface area contributed by atoms with Gasteiger partial charge in [-0.05, 0) is 49.7 Å². The number of rotatable bonds is 8. The summed E-state index contributed by atoms with van der Waals surface area (Å²) in [6.45, 7) is 4.15. The Bertz CT molecular complexity index is 1770. The first-order valence-electron chi connectivity index (χ1n) is 15.9. The summed E-state index contributed by atoms with van der Waals surface area (Å²) in [5.41, 5.74) is -0.956. The van der Waals surface area contributed by atoms with E-state index in [-0.39, 0.29) is 51.4 Å². The van der Waals surface area contributed by atoms with Crippen LogP contribution < -0.4 is 10.1 Å². The van der Waals surface area contributed by atoms with Gasteiger partial charge in [0.2, 0.25) is 5.88 Å². The third-order valence-corrected chi connectivity index (χ3v) is 9.04. The average molecular weight is 688 g/mol. The van der Waals surface area contributed by atoms with Crippen molar-refractivity contribution in [2.24, 2.45) is 0 Å². The number of ether oxygens (including phenoxy) is 2. The molecule has 8 nitrogen and oxygen atoms in total. The number of carbonyl (C=O) groups excluding carboxylic acids is 1. The Morgan fingerprint density at radius 1 is 0.939 bits per heavy atom. The average Bonchev–Trinajstić information content (AvgIpc) is 3.10. The highest BCUT2D eigenvalue weighted by Crippen LogP contribution is 2.38. The van der Waals surface area contributed by atoms with Crippen molar-refractivity contribution in [2.45, 2.75) is 43.8 Å². The molecule has 1 N–H and O–H groups in total. The highest BCUT2D eigenvalue weighted by Gasteiger charge is 2.43. The van der Waals surface area contributed by atoms with Crippen molar-refractivity contribution >= 4 is 16.9 Å². The van der Waals surface area contributed by atoms with Gasteiger partial charge in [0.1, 0.15) is 5.52 Å². The number of fused-ring (bicyclic) bond motifs is 1. The van der Waals surface area contributed by atoms with Crippen molar-refractivity contribution in [3.05, 3.63) is 89.0 Å². The fraction of sp³-hybridized carbons (Fsp3) is 0.400. The largest absolute Gasteiger partial charge is 0.481 e. The number of benzene rings is 2. The van der Waals surface area contributed by atoms with E-state index in [1.807, 2.05) is 4.90 Å². The predicted molar refractivity (Wildman–Crippen MR) is 170 cm³/mol. The van der Waals surface area contributed by atoms with Gasteiger partial charge in [-0.3, -0.25) is 14.6 Å². The summed E-state index contributed by atoms with van der Waals surface area (Å²) in [6.07, 6.45) is -7.95. The molecule has 2 saturated heterocycles. The molecule has 1 amide bonds. The highest BCUT2D eigenvalue weighted by atomic mass is 19.4. The van der Waals surface area contributed by atoms with Crippen LogP contribution in [0.4, 0.5) is 26.3 Å². The Morgan fingerprint density at radius 3 is 2.31 bits per heavy atom. The minimum atomic E-state index is -4.86. The van der Waals surface area contributed by atoms with Crippen LogP contribution in [0.2, 0.25) is 0 Å². The molecule has 0 radical (unpaired) electrons. The molecule has 2 aromatic carbocycles. The summed E-state index contributed by atoms with van der Waals surface area (Å²) < 4.78 is 95.9. The first-order valence-corrected chi connectivity index (χ1v) is 15.9. The fourth-order valence-electron chi connectivity index (χ4n) is 6.56. The monoisotopic (exact) mass is 687 g/mol. The zero-order valence-corrected chi connectivity index (χ0v) is 26.7. The number of carbonyl (C=O) groups is 1. The maximum Gasteiger partial charge on any atom is 0.416 e. The molecule has 0 spiro atoms. The number of alkyl halides is 6. The van der Waals surface area contributed by atoms with Crippen LogP contribution in [0, 0.1) is 0 Å². The van der Waals surface area contributed by atoms with E-state index in [0.29, 0.717) is 32.3 Å². The van der Waals surface area contributed by atoms with Gasteiger partial charge >= 0.3 is 12.4 Å². The number of hydrogen-bond donors (Lipinski definition) is 1. The van der Waals surface area contributed by atoms with Crippen molar-refractivity contribution in [1.29, 1.82) is 0 Å². The minimum Gasteiger partial charge on any atom is -0.481 e. The Hall–Kier alpha value is -4.27. The molecular formula is C35H35F6N5O3. The van der Waals surface area contributed by atoms with Crippen LogP contribution >= 0.6 is 0 Å². The van der Waals surface area contributed by atoms with Crippen molar-refractivity contribution in [1.82, 2.24) is 25.1 Å². The minimum absolute atomic E-state index is 0.0280. The Labute approximate surface area is 279 Å². The Balaban J connectivity index is 1.48. The number of pyridine rings is 2. The molecule has 260 valence electrons. The van der Waals surface area contributed by atoms with E-state index in [0.717, 1.165) is 38.1 Å². The summed E-state index contributed by atoms with van der Waals surface area (Å²) in [4.78, 5) is 27.8. The van der Waals surface area contributed by atoms with Gasteiger partial charge in [-0.25, -0.2) is 9.97 Å². The van der Waals surface area contributed by atoms with E-state index in [1.54, 1.807) is 6.07 Å². The standard InChI is InChI=1S/C35H35F6N5O3/c1-48-28-11-10-27-31(43-28)29(33(47)44-32(35(39,40)41)22-6-3-2-4-7-22)26(30(42-27)23-8-5-9-24(20-23)34(36,37)38)21-45-14-12-25(13-15-45)46-16-18-49-19-17-46/h2-11,20,25,32H,12-19,21H2,1H3,(H,44,47)/t32-/m1/s1. The van der Waals surface area contributed by atoms with Crippen LogP contribution in [0.15, 0.2) is 66.7 Å². The lowest BCUT2D eigenvalue weighted by molar-refractivity contribution is -0.155. The summed E-state index contributed by atoms with van der Waals surface area (Å²) >= 11 is 0. The molecular weight excluding hydrogens is 652 g/mol. The smallest absolute Gasteiger partial charge is 0.416 e. The van der Waals surface area contributed by atoms with Crippen molar-refractivity contribution in [2.75, 3.05) is 46.5 Å². The van der Waals surface area contributed by atoms with Crippen molar-refractivity contribution < 1.29 is 40.6 Å². The molecule has 0 aliphatic carbocycles. The van der Waals surface area contributed by atoms with E-state index in [1.165, 1.54) is 55.6 Å². The molecule has 2 aliphatic rings.